The summed E-state index contributed by atoms with van der Waals surface area (Å²) in [5.41, 5.74) is 0.812. The molecular formula is C16H19N3O4. The van der Waals surface area contributed by atoms with Gasteiger partial charge in [-0.3, -0.25) is 10.1 Å². The maximum absolute atomic E-state index is 12.1. The maximum Gasteiger partial charge on any atom is 0.320 e. The van der Waals surface area contributed by atoms with E-state index < -0.39 is 12.1 Å². The molecule has 1 heterocycles. The Labute approximate surface area is 134 Å². The molecule has 2 rings (SSSR count). The normalized spacial score (nSPS) is 11.6. The zero-order valence-electron chi connectivity index (χ0n) is 13.0. The first-order chi connectivity index (χ1) is 11.1. The van der Waals surface area contributed by atoms with Crippen molar-refractivity contribution >= 4 is 17.8 Å². The van der Waals surface area contributed by atoms with Crippen LogP contribution in [0.15, 0.2) is 40.9 Å². The number of nitrogens with one attached hydrogen (secondary N) is 2. The zero-order chi connectivity index (χ0) is 16.7. The number of benzene rings is 1. The first-order valence-electron chi connectivity index (χ1n) is 7.30. The lowest BCUT2D eigenvalue weighted by molar-refractivity contribution is -0.143. The second kappa shape index (κ2) is 7.98. The zero-order valence-corrected chi connectivity index (χ0v) is 13.0. The van der Waals surface area contributed by atoms with Gasteiger partial charge in [0.1, 0.15) is 5.76 Å². The minimum Gasteiger partial charge on any atom is -0.466 e. The van der Waals surface area contributed by atoms with Crippen molar-refractivity contribution in [2.24, 2.45) is 0 Å². The molecule has 0 aliphatic heterocycles. The van der Waals surface area contributed by atoms with Gasteiger partial charge in [-0.1, -0.05) is 35.5 Å². The predicted octanol–water partition coefficient (Wildman–Crippen LogP) is 2.80. The SMILES string of the molecule is CCOC(=O)C[C@H](NC(=O)Nc1cc(C)on1)c1ccccc1. The van der Waals surface area contributed by atoms with Crippen LogP contribution in [0.25, 0.3) is 0 Å². The number of hydrogen-bond acceptors (Lipinski definition) is 5. The van der Waals surface area contributed by atoms with E-state index in [1.807, 2.05) is 30.3 Å². The van der Waals surface area contributed by atoms with Gasteiger partial charge in [0.05, 0.1) is 19.1 Å². The molecule has 1 atom stereocenters. The Kier molecular flexibility index (Phi) is 5.74. The Morgan fingerprint density at radius 1 is 1.30 bits per heavy atom. The van der Waals surface area contributed by atoms with Crippen LogP contribution in [0.4, 0.5) is 10.6 Å². The van der Waals surface area contributed by atoms with Crippen LogP contribution in [0.2, 0.25) is 0 Å². The second-order valence-electron chi connectivity index (χ2n) is 4.89. The molecule has 0 aliphatic carbocycles. The molecule has 0 spiro atoms. The smallest absolute Gasteiger partial charge is 0.320 e. The maximum atomic E-state index is 12.1. The molecule has 7 nitrogen and oxygen atoms in total. The van der Waals surface area contributed by atoms with E-state index in [0.717, 1.165) is 5.56 Å². The van der Waals surface area contributed by atoms with Gasteiger partial charge in [0.2, 0.25) is 0 Å². The molecule has 0 aliphatic rings. The van der Waals surface area contributed by atoms with Crippen molar-refractivity contribution in [2.75, 3.05) is 11.9 Å². The Bertz CT molecular complexity index is 654. The molecular weight excluding hydrogens is 298 g/mol. The molecule has 2 N–H and O–H groups in total. The van der Waals surface area contributed by atoms with Crippen molar-refractivity contribution in [3.05, 3.63) is 47.7 Å². The number of hydrogen-bond donors (Lipinski definition) is 2. The number of esters is 1. The number of aryl methyl sites for hydroxylation is 1. The summed E-state index contributed by atoms with van der Waals surface area (Å²) in [5, 5.41) is 9.00. The number of aromatic nitrogens is 1. The van der Waals surface area contributed by atoms with Crippen molar-refractivity contribution in [2.45, 2.75) is 26.3 Å². The quantitative estimate of drug-likeness (QED) is 0.799. The van der Waals surface area contributed by atoms with Crippen molar-refractivity contribution in [3.63, 3.8) is 0 Å². The molecule has 122 valence electrons. The lowest BCUT2D eigenvalue weighted by atomic mass is 10.0. The highest BCUT2D eigenvalue weighted by molar-refractivity contribution is 5.88. The minimum absolute atomic E-state index is 0.0448. The number of carbonyl (C=O) groups excluding carboxylic acids is 2. The number of ether oxygens (including phenoxy) is 1. The third-order valence-electron chi connectivity index (χ3n) is 3.05. The van der Waals surface area contributed by atoms with Crippen LogP contribution < -0.4 is 10.6 Å². The molecule has 0 unspecified atom stereocenters. The van der Waals surface area contributed by atoms with E-state index in [4.69, 9.17) is 9.26 Å². The molecule has 2 amide bonds. The highest BCUT2D eigenvalue weighted by Gasteiger charge is 2.19. The highest BCUT2D eigenvalue weighted by Crippen LogP contribution is 2.17. The van der Waals surface area contributed by atoms with Crippen molar-refractivity contribution < 1.29 is 18.8 Å². The summed E-state index contributed by atoms with van der Waals surface area (Å²) in [6.45, 7) is 3.76. The Morgan fingerprint density at radius 2 is 2.04 bits per heavy atom. The molecule has 1 aromatic carbocycles. The third kappa shape index (κ3) is 5.14. The van der Waals surface area contributed by atoms with E-state index in [9.17, 15) is 9.59 Å². The van der Waals surface area contributed by atoms with Crippen LogP contribution in [0.3, 0.4) is 0 Å². The van der Waals surface area contributed by atoms with Crippen LogP contribution in [0.1, 0.15) is 30.7 Å². The summed E-state index contributed by atoms with van der Waals surface area (Å²) in [6.07, 6.45) is 0.0448. The fourth-order valence-corrected chi connectivity index (χ4v) is 2.06. The fourth-order valence-electron chi connectivity index (χ4n) is 2.06. The molecule has 0 radical (unpaired) electrons. The lowest BCUT2D eigenvalue weighted by Crippen LogP contribution is -2.34. The van der Waals surface area contributed by atoms with Crippen molar-refractivity contribution in [3.8, 4) is 0 Å². The standard InChI is InChI=1S/C16H19N3O4/c1-3-22-15(20)10-13(12-7-5-4-6-8-12)17-16(21)18-14-9-11(2)23-19-14/h4-9,13H,3,10H2,1-2H3,(H2,17,18,19,21)/t13-/m0/s1. The summed E-state index contributed by atoms with van der Waals surface area (Å²) >= 11 is 0. The Hall–Kier alpha value is -2.83. The predicted molar refractivity (Wildman–Crippen MR) is 83.8 cm³/mol. The van der Waals surface area contributed by atoms with Gasteiger partial charge < -0.3 is 14.6 Å². The molecule has 1 aromatic heterocycles. The monoisotopic (exact) mass is 317 g/mol. The van der Waals surface area contributed by atoms with Gasteiger partial charge in [0.25, 0.3) is 0 Å². The summed E-state index contributed by atoms with van der Waals surface area (Å²) in [5.74, 6) is 0.522. The van der Waals surface area contributed by atoms with Gasteiger partial charge in [-0.2, -0.15) is 0 Å². The van der Waals surface area contributed by atoms with E-state index in [2.05, 4.69) is 15.8 Å². The Balaban J connectivity index is 2.04. The van der Waals surface area contributed by atoms with E-state index >= 15 is 0 Å². The van der Waals surface area contributed by atoms with Gasteiger partial charge in [0, 0.05) is 6.07 Å². The summed E-state index contributed by atoms with van der Waals surface area (Å²) in [7, 11) is 0. The van der Waals surface area contributed by atoms with Gasteiger partial charge in [0.15, 0.2) is 5.82 Å². The van der Waals surface area contributed by atoms with Gasteiger partial charge >= 0.3 is 12.0 Å². The molecule has 0 saturated carbocycles. The molecule has 7 heteroatoms. The first-order valence-corrected chi connectivity index (χ1v) is 7.30. The summed E-state index contributed by atoms with van der Waals surface area (Å²) < 4.78 is 9.84. The van der Waals surface area contributed by atoms with Gasteiger partial charge in [-0.05, 0) is 19.4 Å². The van der Waals surface area contributed by atoms with E-state index in [1.165, 1.54) is 0 Å². The Morgan fingerprint density at radius 3 is 2.65 bits per heavy atom. The molecule has 0 fully saturated rings. The number of carbonyl (C=O) groups is 2. The highest BCUT2D eigenvalue weighted by atomic mass is 16.5. The number of nitrogens with zero attached hydrogens (tertiary/aromatic N) is 1. The van der Waals surface area contributed by atoms with Gasteiger partial charge in [-0.25, -0.2) is 4.79 Å². The van der Waals surface area contributed by atoms with Crippen LogP contribution in [-0.4, -0.2) is 23.8 Å². The average Bonchev–Trinajstić information content (AvgIpc) is 2.92. The summed E-state index contributed by atoms with van der Waals surface area (Å²) in [6, 6.07) is 9.85. The fraction of sp³-hybridized carbons (Fsp3) is 0.312. The summed E-state index contributed by atoms with van der Waals surface area (Å²) in [4.78, 5) is 23.8. The van der Waals surface area contributed by atoms with Gasteiger partial charge in [-0.15, -0.1) is 0 Å². The first kappa shape index (κ1) is 16.5. The molecule has 0 saturated heterocycles. The minimum atomic E-state index is -0.497. The number of amides is 2. The molecule has 0 bridgehead atoms. The second-order valence-corrected chi connectivity index (χ2v) is 4.89. The molecule has 2 aromatic rings. The van der Waals surface area contributed by atoms with Crippen LogP contribution in [-0.2, 0) is 9.53 Å². The van der Waals surface area contributed by atoms with E-state index in [1.54, 1.807) is 19.9 Å². The van der Waals surface area contributed by atoms with E-state index in [-0.39, 0.29) is 12.4 Å². The van der Waals surface area contributed by atoms with Crippen molar-refractivity contribution in [1.29, 1.82) is 0 Å². The average molecular weight is 317 g/mol. The van der Waals surface area contributed by atoms with Crippen LogP contribution >= 0.6 is 0 Å². The third-order valence-corrected chi connectivity index (χ3v) is 3.05. The van der Waals surface area contributed by atoms with Crippen LogP contribution in [0, 0.1) is 6.92 Å². The number of urea groups is 1. The van der Waals surface area contributed by atoms with Crippen molar-refractivity contribution in [1.82, 2.24) is 10.5 Å². The number of rotatable bonds is 6. The molecule has 23 heavy (non-hydrogen) atoms. The largest absolute Gasteiger partial charge is 0.466 e. The lowest BCUT2D eigenvalue weighted by Gasteiger charge is -2.18. The van der Waals surface area contributed by atoms with E-state index in [0.29, 0.717) is 18.2 Å². The van der Waals surface area contributed by atoms with Crippen LogP contribution in [0.5, 0.6) is 0 Å². The number of anilines is 1. The topological polar surface area (TPSA) is 93.5 Å².